The van der Waals surface area contributed by atoms with Gasteiger partial charge in [0.1, 0.15) is 11.8 Å². The number of amides is 2. The molecular formula is C23H28ClIN2O3. The zero-order valence-corrected chi connectivity index (χ0v) is 20.3. The maximum atomic E-state index is 13.1. The van der Waals surface area contributed by atoms with Crippen molar-refractivity contribution in [3.05, 3.63) is 62.7 Å². The third kappa shape index (κ3) is 7.80. The number of ether oxygens (including phenoxy) is 1. The maximum absolute atomic E-state index is 13.1. The van der Waals surface area contributed by atoms with Crippen molar-refractivity contribution >= 4 is 46.0 Å². The van der Waals surface area contributed by atoms with Gasteiger partial charge in [0.25, 0.3) is 5.91 Å². The summed E-state index contributed by atoms with van der Waals surface area (Å²) in [4.78, 5) is 27.5. The van der Waals surface area contributed by atoms with Crippen LogP contribution in [0.2, 0.25) is 5.02 Å². The Bertz CT molecular complexity index is 812. The van der Waals surface area contributed by atoms with E-state index in [9.17, 15) is 9.59 Å². The van der Waals surface area contributed by atoms with Crippen LogP contribution in [0.15, 0.2) is 48.5 Å². The minimum Gasteiger partial charge on any atom is -0.484 e. The van der Waals surface area contributed by atoms with Crippen LogP contribution in [0.3, 0.4) is 0 Å². The number of benzene rings is 2. The first-order valence-electron chi connectivity index (χ1n) is 10.1. The van der Waals surface area contributed by atoms with Crippen molar-refractivity contribution in [2.75, 3.05) is 13.2 Å². The Labute approximate surface area is 197 Å². The molecule has 0 aromatic heterocycles. The predicted octanol–water partition coefficient (Wildman–Crippen LogP) is 5.05. The topological polar surface area (TPSA) is 58.6 Å². The average Bonchev–Trinajstić information content (AvgIpc) is 2.74. The summed E-state index contributed by atoms with van der Waals surface area (Å²) in [5, 5.41) is 3.58. The van der Waals surface area contributed by atoms with Crippen LogP contribution in [-0.2, 0) is 16.1 Å². The van der Waals surface area contributed by atoms with E-state index in [0.29, 0.717) is 30.3 Å². The second-order valence-electron chi connectivity index (χ2n) is 6.96. The lowest BCUT2D eigenvalue weighted by molar-refractivity contribution is -0.143. The highest BCUT2D eigenvalue weighted by molar-refractivity contribution is 14.1. The van der Waals surface area contributed by atoms with Crippen LogP contribution in [0, 0.1) is 3.57 Å². The highest BCUT2D eigenvalue weighted by Crippen LogP contribution is 2.17. The number of hydrogen-bond acceptors (Lipinski definition) is 3. The molecule has 0 heterocycles. The third-order valence-electron chi connectivity index (χ3n) is 4.66. The standard InChI is InChI=1S/C23H28ClIN2O3/c1-3-5-14-26-23(29)21(4-2)27(15-17-6-8-18(24)9-7-17)22(28)16-30-20-12-10-19(25)11-13-20/h6-13,21H,3-5,14-16H2,1-2H3,(H,26,29). The van der Waals surface area contributed by atoms with E-state index in [4.69, 9.17) is 16.3 Å². The molecule has 0 aliphatic rings. The second-order valence-corrected chi connectivity index (χ2v) is 8.64. The van der Waals surface area contributed by atoms with Crippen LogP contribution >= 0.6 is 34.2 Å². The number of unbranched alkanes of at least 4 members (excludes halogenated alkanes) is 1. The molecule has 1 unspecified atom stereocenters. The molecule has 0 bridgehead atoms. The monoisotopic (exact) mass is 542 g/mol. The summed E-state index contributed by atoms with van der Waals surface area (Å²) >= 11 is 8.20. The molecule has 162 valence electrons. The van der Waals surface area contributed by atoms with E-state index in [0.717, 1.165) is 22.0 Å². The Kier molecular flexibility index (Phi) is 10.4. The van der Waals surface area contributed by atoms with Crippen LogP contribution in [0.4, 0.5) is 0 Å². The molecule has 0 spiro atoms. The van der Waals surface area contributed by atoms with Crippen LogP contribution in [0.1, 0.15) is 38.7 Å². The first kappa shape index (κ1) is 24.5. The summed E-state index contributed by atoms with van der Waals surface area (Å²) in [6.07, 6.45) is 2.42. The van der Waals surface area contributed by atoms with Gasteiger partial charge in [-0.2, -0.15) is 0 Å². The minimum absolute atomic E-state index is 0.132. The number of rotatable bonds is 11. The third-order valence-corrected chi connectivity index (χ3v) is 5.63. The van der Waals surface area contributed by atoms with Gasteiger partial charge in [-0.1, -0.05) is 44.0 Å². The van der Waals surface area contributed by atoms with Gasteiger partial charge in [0.15, 0.2) is 6.61 Å². The van der Waals surface area contributed by atoms with E-state index in [-0.39, 0.29) is 18.4 Å². The predicted molar refractivity (Wildman–Crippen MR) is 129 cm³/mol. The van der Waals surface area contributed by atoms with Crippen molar-refractivity contribution in [2.24, 2.45) is 0 Å². The van der Waals surface area contributed by atoms with Gasteiger partial charge in [-0.05, 0) is 77.4 Å². The van der Waals surface area contributed by atoms with Gasteiger partial charge >= 0.3 is 0 Å². The normalized spacial score (nSPS) is 11.6. The first-order chi connectivity index (χ1) is 14.4. The highest BCUT2D eigenvalue weighted by Gasteiger charge is 2.28. The quantitative estimate of drug-likeness (QED) is 0.319. The molecule has 0 saturated heterocycles. The average molecular weight is 543 g/mol. The SMILES string of the molecule is CCCCNC(=O)C(CC)N(Cc1ccc(Cl)cc1)C(=O)COc1ccc(I)cc1. The summed E-state index contributed by atoms with van der Waals surface area (Å²) in [7, 11) is 0. The van der Waals surface area contributed by atoms with Crippen molar-refractivity contribution < 1.29 is 14.3 Å². The highest BCUT2D eigenvalue weighted by atomic mass is 127. The zero-order valence-electron chi connectivity index (χ0n) is 17.4. The van der Waals surface area contributed by atoms with Crippen LogP contribution in [0.5, 0.6) is 5.75 Å². The molecule has 0 fully saturated rings. The fourth-order valence-electron chi connectivity index (χ4n) is 2.97. The van der Waals surface area contributed by atoms with E-state index in [1.165, 1.54) is 0 Å². The van der Waals surface area contributed by atoms with Crippen LogP contribution in [0.25, 0.3) is 0 Å². The first-order valence-corrected chi connectivity index (χ1v) is 11.6. The lowest BCUT2D eigenvalue weighted by atomic mass is 10.1. The van der Waals surface area contributed by atoms with E-state index < -0.39 is 6.04 Å². The molecule has 2 amide bonds. The van der Waals surface area contributed by atoms with Crippen molar-refractivity contribution in [3.63, 3.8) is 0 Å². The molecule has 2 aromatic carbocycles. The fourth-order valence-corrected chi connectivity index (χ4v) is 3.46. The molecule has 0 radical (unpaired) electrons. The number of nitrogens with one attached hydrogen (secondary N) is 1. The summed E-state index contributed by atoms with van der Waals surface area (Å²) in [6, 6.07) is 14.2. The van der Waals surface area contributed by atoms with Crippen LogP contribution in [-0.4, -0.2) is 35.9 Å². The van der Waals surface area contributed by atoms with Crippen molar-refractivity contribution in [1.82, 2.24) is 10.2 Å². The molecular weight excluding hydrogens is 515 g/mol. The van der Waals surface area contributed by atoms with Crippen LogP contribution < -0.4 is 10.1 Å². The molecule has 0 aliphatic carbocycles. The molecule has 0 saturated carbocycles. The molecule has 1 atom stereocenters. The minimum atomic E-state index is -0.564. The number of carbonyl (C=O) groups excluding carboxylic acids is 2. The summed E-state index contributed by atoms with van der Waals surface area (Å²) in [5.74, 6) is 0.249. The Hall–Kier alpha value is -1.80. The van der Waals surface area contributed by atoms with Crippen molar-refractivity contribution in [2.45, 2.75) is 45.7 Å². The van der Waals surface area contributed by atoms with Gasteiger partial charge in [-0.3, -0.25) is 9.59 Å². The van der Waals surface area contributed by atoms with E-state index in [1.807, 2.05) is 43.3 Å². The molecule has 2 rings (SSSR count). The number of halogens is 2. The van der Waals surface area contributed by atoms with Crippen molar-refractivity contribution in [3.8, 4) is 5.75 Å². The Balaban J connectivity index is 2.15. The number of nitrogens with zero attached hydrogens (tertiary/aromatic N) is 1. The molecule has 7 heteroatoms. The Morgan fingerprint density at radius 1 is 1.10 bits per heavy atom. The van der Waals surface area contributed by atoms with Crippen molar-refractivity contribution in [1.29, 1.82) is 0 Å². The van der Waals surface area contributed by atoms with Gasteiger partial charge in [-0.25, -0.2) is 0 Å². The molecule has 0 aliphatic heterocycles. The van der Waals surface area contributed by atoms with Gasteiger partial charge in [0.2, 0.25) is 5.91 Å². The summed E-state index contributed by atoms with van der Waals surface area (Å²) in [5.41, 5.74) is 0.904. The molecule has 1 N–H and O–H groups in total. The zero-order chi connectivity index (χ0) is 21.9. The number of carbonyl (C=O) groups is 2. The molecule has 5 nitrogen and oxygen atoms in total. The Morgan fingerprint density at radius 3 is 2.37 bits per heavy atom. The summed E-state index contributed by atoms with van der Waals surface area (Å²) in [6.45, 7) is 4.76. The largest absolute Gasteiger partial charge is 0.484 e. The summed E-state index contributed by atoms with van der Waals surface area (Å²) < 4.78 is 6.77. The fraction of sp³-hybridized carbons (Fsp3) is 0.391. The van der Waals surface area contributed by atoms with Gasteiger partial charge in [0, 0.05) is 21.7 Å². The van der Waals surface area contributed by atoms with E-state index in [2.05, 4.69) is 34.8 Å². The van der Waals surface area contributed by atoms with Gasteiger partial charge < -0.3 is 15.0 Å². The Morgan fingerprint density at radius 2 is 1.77 bits per heavy atom. The second kappa shape index (κ2) is 12.8. The van der Waals surface area contributed by atoms with Gasteiger partial charge in [0.05, 0.1) is 0 Å². The maximum Gasteiger partial charge on any atom is 0.261 e. The number of hydrogen-bond donors (Lipinski definition) is 1. The van der Waals surface area contributed by atoms with Gasteiger partial charge in [-0.15, -0.1) is 0 Å². The van der Waals surface area contributed by atoms with E-state index >= 15 is 0 Å². The molecule has 30 heavy (non-hydrogen) atoms. The smallest absolute Gasteiger partial charge is 0.261 e. The lowest BCUT2D eigenvalue weighted by Gasteiger charge is -2.30. The lowest BCUT2D eigenvalue weighted by Crippen LogP contribution is -2.50. The molecule has 2 aromatic rings. The van der Waals surface area contributed by atoms with E-state index in [1.54, 1.807) is 17.0 Å².